The molecule has 2 N–H and O–H groups in total. The number of aromatic nitrogens is 1. The highest BCUT2D eigenvalue weighted by Crippen LogP contribution is 2.32. The molecule has 2 unspecified atom stereocenters. The summed E-state index contributed by atoms with van der Waals surface area (Å²) in [4.78, 5) is 6.49. The quantitative estimate of drug-likeness (QED) is 0.861. The SMILES string of the molecule is Cc1nccc(N2CCC(C(C)N)C2)c1Cl. The zero-order valence-electron chi connectivity index (χ0n) is 9.78. The van der Waals surface area contributed by atoms with Crippen molar-refractivity contribution in [3.8, 4) is 0 Å². The van der Waals surface area contributed by atoms with E-state index in [1.807, 2.05) is 19.2 Å². The number of anilines is 1. The van der Waals surface area contributed by atoms with Crippen molar-refractivity contribution in [2.24, 2.45) is 11.7 Å². The predicted molar refractivity (Wildman–Crippen MR) is 68.0 cm³/mol. The van der Waals surface area contributed by atoms with Crippen LogP contribution in [0.3, 0.4) is 0 Å². The fourth-order valence-corrected chi connectivity index (χ4v) is 2.45. The summed E-state index contributed by atoms with van der Waals surface area (Å²) in [6, 6.07) is 2.24. The van der Waals surface area contributed by atoms with Gasteiger partial charge in [-0.1, -0.05) is 11.6 Å². The molecule has 0 radical (unpaired) electrons. The van der Waals surface area contributed by atoms with Crippen LogP contribution >= 0.6 is 11.6 Å². The van der Waals surface area contributed by atoms with E-state index in [0.717, 1.165) is 35.9 Å². The Bertz CT molecular complexity index is 379. The van der Waals surface area contributed by atoms with Crippen molar-refractivity contribution in [1.29, 1.82) is 0 Å². The zero-order chi connectivity index (χ0) is 11.7. The summed E-state index contributed by atoms with van der Waals surface area (Å²) in [7, 11) is 0. The number of nitrogens with zero attached hydrogens (tertiary/aromatic N) is 2. The second kappa shape index (κ2) is 4.60. The lowest BCUT2D eigenvalue weighted by Crippen LogP contribution is -2.29. The van der Waals surface area contributed by atoms with Crippen LogP contribution in [0.15, 0.2) is 12.3 Å². The van der Waals surface area contributed by atoms with Crippen LogP contribution in [0.4, 0.5) is 5.69 Å². The first kappa shape index (κ1) is 11.7. The summed E-state index contributed by atoms with van der Waals surface area (Å²) in [5, 5.41) is 0.771. The van der Waals surface area contributed by atoms with Gasteiger partial charge in [0.05, 0.1) is 16.4 Å². The van der Waals surface area contributed by atoms with Gasteiger partial charge in [0.1, 0.15) is 0 Å². The summed E-state index contributed by atoms with van der Waals surface area (Å²) < 4.78 is 0. The number of halogens is 1. The molecule has 4 heteroatoms. The molecule has 1 aromatic heterocycles. The Hall–Kier alpha value is -0.800. The van der Waals surface area contributed by atoms with Gasteiger partial charge in [-0.05, 0) is 32.3 Å². The maximum Gasteiger partial charge on any atom is 0.0851 e. The third-order valence-corrected chi connectivity index (χ3v) is 3.82. The van der Waals surface area contributed by atoms with Gasteiger partial charge in [-0.2, -0.15) is 0 Å². The molecule has 0 spiro atoms. The van der Waals surface area contributed by atoms with Crippen LogP contribution in [-0.4, -0.2) is 24.1 Å². The molecule has 0 bridgehead atoms. The number of hydrogen-bond acceptors (Lipinski definition) is 3. The van der Waals surface area contributed by atoms with Gasteiger partial charge in [0.2, 0.25) is 0 Å². The Morgan fingerprint density at radius 1 is 1.62 bits per heavy atom. The molecule has 1 fully saturated rings. The number of pyridine rings is 1. The second-order valence-corrected chi connectivity index (χ2v) is 4.96. The van der Waals surface area contributed by atoms with Crippen LogP contribution in [0.2, 0.25) is 5.02 Å². The number of rotatable bonds is 2. The Balaban J connectivity index is 2.17. The van der Waals surface area contributed by atoms with E-state index in [4.69, 9.17) is 17.3 Å². The predicted octanol–water partition coefficient (Wildman–Crippen LogP) is 2.22. The van der Waals surface area contributed by atoms with Gasteiger partial charge in [0.15, 0.2) is 0 Å². The van der Waals surface area contributed by atoms with E-state index in [9.17, 15) is 0 Å². The normalized spacial score (nSPS) is 22.5. The minimum atomic E-state index is 0.256. The molecule has 1 aromatic rings. The monoisotopic (exact) mass is 239 g/mol. The molecule has 0 amide bonds. The van der Waals surface area contributed by atoms with Gasteiger partial charge in [0.25, 0.3) is 0 Å². The van der Waals surface area contributed by atoms with Crippen LogP contribution in [0, 0.1) is 12.8 Å². The second-order valence-electron chi connectivity index (χ2n) is 4.58. The van der Waals surface area contributed by atoms with Gasteiger partial charge < -0.3 is 10.6 Å². The van der Waals surface area contributed by atoms with Gasteiger partial charge in [0, 0.05) is 25.3 Å². The van der Waals surface area contributed by atoms with Crippen molar-refractivity contribution in [3.05, 3.63) is 23.0 Å². The van der Waals surface area contributed by atoms with E-state index < -0.39 is 0 Å². The molecule has 2 rings (SSSR count). The molecule has 1 saturated heterocycles. The lowest BCUT2D eigenvalue weighted by atomic mass is 10.0. The van der Waals surface area contributed by atoms with Crippen molar-refractivity contribution in [1.82, 2.24) is 4.98 Å². The molecular weight excluding hydrogens is 222 g/mol. The van der Waals surface area contributed by atoms with Gasteiger partial charge >= 0.3 is 0 Å². The van der Waals surface area contributed by atoms with Crippen molar-refractivity contribution >= 4 is 17.3 Å². The van der Waals surface area contributed by atoms with E-state index in [1.165, 1.54) is 0 Å². The Morgan fingerprint density at radius 3 is 3.00 bits per heavy atom. The molecule has 2 heterocycles. The summed E-state index contributed by atoms with van der Waals surface area (Å²) in [5.41, 5.74) is 7.92. The fourth-order valence-electron chi connectivity index (χ4n) is 2.21. The molecule has 2 atom stereocenters. The zero-order valence-corrected chi connectivity index (χ0v) is 10.5. The largest absolute Gasteiger partial charge is 0.370 e. The van der Waals surface area contributed by atoms with E-state index in [2.05, 4.69) is 16.8 Å². The van der Waals surface area contributed by atoms with Crippen LogP contribution in [0.1, 0.15) is 19.0 Å². The number of hydrogen-bond donors (Lipinski definition) is 1. The highest BCUT2D eigenvalue weighted by Gasteiger charge is 2.26. The molecule has 0 aromatic carbocycles. The number of aryl methyl sites for hydroxylation is 1. The first-order valence-corrected chi connectivity index (χ1v) is 6.09. The maximum atomic E-state index is 6.27. The van der Waals surface area contributed by atoms with Crippen molar-refractivity contribution in [2.45, 2.75) is 26.3 Å². The molecule has 16 heavy (non-hydrogen) atoms. The summed E-state index contributed by atoms with van der Waals surface area (Å²) in [5.74, 6) is 0.574. The topological polar surface area (TPSA) is 42.2 Å². The molecule has 0 aliphatic carbocycles. The Morgan fingerprint density at radius 2 is 2.38 bits per heavy atom. The van der Waals surface area contributed by atoms with Gasteiger partial charge in [-0.15, -0.1) is 0 Å². The van der Waals surface area contributed by atoms with Crippen LogP contribution in [-0.2, 0) is 0 Å². The average molecular weight is 240 g/mol. The molecule has 3 nitrogen and oxygen atoms in total. The molecule has 0 saturated carbocycles. The van der Waals surface area contributed by atoms with E-state index >= 15 is 0 Å². The Labute approximate surface area is 102 Å². The summed E-state index contributed by atoms with van der Waals surface area (Å²) in [6.07, 6.45) is 2.96. The van der Waals surface area contributed by atoms with Crippen LogP contribution < -0.4 is 10.6 Å². The number of nitrogens with two attached hydrogens (primary N) is 1. The van der Waals surface area contributed by atoms with E-state index in [1.54, 1.807) is 0 Å². The third-order valence-electron chi connectivity index (χ3n) is 3.35. The highest BCUT2D eigenvalue weighted by atomic mass is 35.5. The van der Waals surface area contributed by atoms with E-state index in [-0.39, 0.29) is 6.04 Å². The summed E-state index contributed by atoms with van der Waals surface area (Å²) >= 11 is 6.27. The van der Waals surface area contributed by atoms with Crippen LogP contribution in [0.25, 0.3) is 0 Å². The van der Waals surface area contributed by atoms with Crippen molar-refractivity contribution in [3.63, 3.8) is 0 Å². The fraction of sp³-hybridized carbons (Fsp3) is 0.583. The minimum absolute atomic E-state index is 0.256. The highest BCUT2D eigenvalue weighted by molar-refractivity contribution is 6.33. The van der Waals surface area contributed by atoms with Crippen LogP contribution in [0.5, 0.6) is 0 Å². The summed E-state index contributed by atoms with van der Waals surface area (Å²) in [6.45, 7) is 6.05. The average Bonchev–Trinajstić information content (AvgIpc) is 2.71. The molecule has 1 aliphatic rings. The van der Waals surface area contributed by atoms with Crippen molar-refractivity contribution in [2.75, 3.05) is 18.0 Å². The molecule has 88 valence electrons. The van der Waals surface area contributed by atoms with E-state index in [0.29, 0.717) is 5.92 Å². The lowest BCUT2D eigenvalue weighted by molar-refractivity contribution is 0.488. The first-order chi connectivity index (χ1) is 7.59. The smallest absolute Gasteiger partial charge is 0.0851 e. The standard InChI is InChI=1S/C12H18ClN3/c1-8(14)10-4-6-16(7-10)11-3-5-15-9(2)12(11)13/h3,5,8,10H,4,6-7,14H2,1-2H3. The van der Waals surface area contributed by atoms with Crippen molar-refractivity contribution < 1.29 is 0 Å². The molecule has 1 aliphatic heterocycles. The first-order valence-electron chi connectivity index (χ1n) is 5.71. The molecular formula is C12H18ClN3. The minimum Gasteiger partial charge on any atom is -0.370 e. The van der Waals surface area contributed by atoms with Gasteiger partial charge in [-0.3, -0.25) is 4.98 Å². The lowest BCUT2D eigenvalue weighted by Gasteiger charge is -2.21. The third kappa shape index (κ3) is 2.15. The van der Waals surface area contributed by atoms with Gasteiger partial charge in [-0.25, -0.2) is 0 Å². The maximum absolute atomic E-state index is 6.27. The Kier molecular flexibility index (Phi) is 3.36.